The van der Waals surface area contributed by atoms with Gasteiger partial charge in [-0.15, -0.1) is 0 Å². The van der Waals surface area contributed by atoms with Gasteiger partial charge >= 0.3 is 0 Å². The second-order valence-electron chi connectivity index (χ2n) is 4.61. The van der Waals surface area contributed by atoms with Gasteiger partial charge in [-0.05, 0) is 31.7 Å². The summed E-state index contributed by atoms with van der Waals surface area (Å²) in [7, 11) is 2.09. The van der Waals surface area contributed by atoms with Crippen LogP contribution in [-0.4, -0.2) is 44.4 Å². The Hall–Kier alpha value is -1.26. The SMILES string of the molecule is Cc1ccc(OCC2CN(C)CCO2)c(N)c1. The number of anilines is 1. The van der Waals surface area contributed by atoms with Crippen molar-refractivity contribution >= 4 is 5.69 Å². The first-order valence-corrected chi connectivity index (χ1v) is 5.94. The predicted molar refractivity (Wildman–Crippen MR) is 68.3 cm³/mol. The second-order valence-corrected chi connectivity index (χ2v) is 4.61. The van der Waals surface area contributed by atoms with E-state index in [1.807, 2.05) is 25.1 Å². The molecule has 1 fully saturated rings. The first-order valence-electron chi connectivity index (χ1n) is 5.94. The van der Waals surface area contributed by atoms with Crippen molar-refractivity contribution in [2.45, 2.75) is 13.0 Å². The third kappa shape index (κ3) is 3.35. The first kappa shape index (κ1) is 12.2. The zero-order valence-corrected chi connectivity index (χ0v) is 10.5. The number of hydrogen-bond acceptors (Lipinski definition) is 4. The Morgan fingerprint density at radius 2 is 2.35 bits per heavy atom. The van der Waals surface area contributed by atoms with Crippen LogP contribution in [0.4, 0.5) is 5.69 Å². The molecular weight excluding hydrogens is 216 g/mol. The Morgan fingerprint density at radius 1 is 1.53 bits per heavy atom. The minimum atomic E-state index is 0.134. The van der Waals surface area contributed by atoms with Crippen LogP contribution in [0.2, 0.25) is 0 Å². The van der Waals surface area contributed by atoms with E-state index in [0.29, 0.717) is 12.3 Å². The van der Waals surface area contributed by atoms with Crippen molar-refractivity contribution in [1.82, 2.24) is 4.90 Å². The summed E-state index contributed by atoms with van der Waals surface area (Å²) in [6.07, 6.45) is 0.134. The molecule has 4 nitrogen and oxygen atoms in total. The molecule has 0 aromatic heterocycles. The molecule has 1 aromatic carbocycles. The van der Waals surface area contributed by atoms with Crippen molar-refractivity contribution in [3.8, 4) is 5.75 Å². The molecule has 1 saturated heterocycles. The lowest BCUT2D eigenvalue weighted by atomic mass is 10.2. The van der Waals surface area contributed by atoms with E-state index in [2.05, 4.69) is 11.9 Å². The number of hydrogen-bond donors (Lipinski definition) is 1. The number of morpholine rings is 1. The van der Waals surface area contributed by atoms with Crippen LogP contribution in [0, 0.1) is 6.92 Å². The number of rotatable bonds is 3. The molecule has 0 aliphatic carbocycles. The summed E-state index contributed by atoms with van der Waals surface area (Å²) >= 11 is 0. The first-order chi connectivity index (χ1) is 8.15. The highest BCUT2D eigenvalue weighted by atomic mass is 16.5. The van der Waals surface area contributed by atoms with E-state index in [0.717, 1.165) is 31.0 Å². The van der Waals surface area contributed by atoms with Gasteiger partial charge in [0, 0.05) is 13.1 Å². The van der Waals surface area contributed by atoms with Crippen molar-refractivity contribution in [3.05, 3.63) is 23.8 Å². The zero-order chi connectivity index (χ0) is 12.3. The van der Waals surface area contributed by atoms with Gasteiger partial charge in [-0.3, -0.25) is 0 Å². The van der Waals surface area contributed by atoms with Crippen molar-refractivity contribution < 1.29 is 9.47 Å². The highest BCUT2D eigenvalue weighted by Crippen LogP contribution is 2.22. The van der Waals surface area contributed by atoms with Gasteiger partial charge in [0.2, 0.25) is 0 Å². The minimum absolute atomic E-state index is 0.134. The lowest BCUT2D eigenvalue weighted by Crippen LogP contribution is -2.42. The summed E-state index contributed by atoms with van der Waals surface area (Å²) in [4.78, 5) is 2.25. The topological polar surface area (TPSA) is 47.7 Å². The molecular formula is C13H20N2O2. The highest BCUT2D eigenvalue weighted by molar-refractivity contribution is 5.54. The van der Waals surface area contributed by atoms with Gasteiger partial charge in [0.25, 0.3) is 0 Å². The van der Waals surface area contributed by atoms with E-state index in [1.165, 1.54) is 0 Å². The van der Waals surface area contributed by atoms with Crippen LogP contribution < -0.4 is 10.5 Å². The van der Waals surface area contributed by atoms with Crippen molar-refractivity contribution in [2.75, 3.05) is 39.1 Å². The molecule has 1 heterocycles. The molecule has 1 aliphatic heterocycles. The molecule has 0 bridgehead atoms. The van der Waals surface area contributed by atoms with Gasteiger partial charge in [-0.2, -0.15) is 0 Å². The number of ether oxygens (including phenoxy) is 2. The zero-order valence-electron chi connectivity index (χ0n) is 10.5. The Morgan fingerprint density at radius 3 is 3.06 bits per heavy atom. The van der Waals surface area contributed by atoms with E-state index < -0.39 is 0 Å². The monoisotopic (exact) mass is 236 g/mol. The average Bonchev–Trinajstić information content (AvgIpc) is 2.28. The Balaban J connectivity index is 1.88. The molecule has 94 valence electrons. The summed E-state index contributed by atoms with van der Waals surface area (Å²) in [6.45, 7) is 5.24. The number of likely N-dealkylation sites (N-methyl/N-ethyl adjacent to an activating group) is 1. The van der Waals surface area contributed by atoms with E-state index >= 15 is 0 Å². The highest BCUT2D eigenvalue weighted by Gasteiger charge is 2.18. The van der Waals surface area contributed by atoms with Gasteiger partial charge in [-0.25, -0.2) is 0 Å². The molecule has 1 unspecified atom stereocenters. The molecule has 0 spiro atoms. The number of nitrogens with two attached hydrogens (primary N) is 1. The predicted octanol–water partition coefficient (Wildman–Crippen LogP) is 1.29. The van der Waals surface area contributed by atoms with Crippen molar-refractivity contribution in [2.24, 2.45) is 0 Å². The third-order valence-electron chi connectivity index (χ3n) is 2.93. The smallest absolute Gasteiger partial charge is 0.142 e. The molecule has 2 N–H and O–H groups in total. The molecule has 1 aliphatic rings. The van der Waals surface area contributed by atoms with E-state index in [-0.39, 0.29) is 6.10 Å². The molecule has 4 heteroatoms. The summed E-state index contributed by atoms with van der Waals surface area (Å²) in [5, 5.41) is 0. The molecule has 1 atom stereocenters. The standard InChI is InChI=1S/C13H20N2O2/c1-10-3-4-13(12(14)7-10)17-9-11-8-15(2)5-6-16-11/h3-4,7,11H,5-6,8-9,14H2,1-2H3. The van der Waals surface area contributed by atoms with E-state index in [4.69, 9.17) is 15.2 Å². The third-order valence-corrected chi connectivity index (χ3v) is 2.93. The van der Waals surface area contributed by atoms with Crippen LogP contribution in [0.1, 0.15) is 5.56 Å². The van der Waals surface area contributed by atoms with Gasteiger partial charge < -0.3 is 20.1 Å². The summed E-state index contributed by atoms with van der Waals surface area (Å²) in [5.41, 5.74) is 7.72. The lowest BCUT2D eigenvalue weighted by Gasteiger charge is -2.29. The normalized spacial score (nSPS) is 21.4. The van der Waals surface area contributed by atoms with Crippen LogP contribution in [0.3, 0.4) is 0 Å². The Kier molecular flexibility index (Phi) is 3.86. The quantitative estimate of drug-likeness (QED) is 0.803. The fourth-order valence-corrected chi connectivity index (χ4v) is 1.95. The van der Waals surface area contributed by atoms with Gasteiger partial charge in [0.1, 0.15) is 18.5 Å². The number of benzene rings is 1. The summed E-state index contributed by atoms with van der Waals surface area (Å²) in [5.74, 6) is 0.743. The maximum atomic E-state index is 5.89. The van der Waals surface area contributed by atoms with Crippen molar-refractivity contribution in [3.63, 3.8) is 0 Å². The summed E-state index contributed by atoms with van der Waals surface area (Å²) < 4.78 is 11.3. The number of nitrogen functional groups attached to an aromatic ring is 1. The molecule has 2 rings (SSSR count). The van der Waals surface area contributed by atoms with Crippen LogP contribution in [-0.2, 0) is 4.74 Å². The average molecular weight is 236 g/mol. The van der Waals surface area contributed by atoms with Gasteiger partial charge in [-0.1, -0.05) is 6.07 Å². The largest absolute Gasteiger partial charge is 0.489 e. The van der Waals surface area contributed by atoms with Crippen LogP contribution in [0.15, 0.2) is 18.2 Å². The molecule has 0 amide bonds. The number of nitrogens with zero attached hydrogens (tertiary/aromatic N) is 1. The molecule has 17 heavy (non-hydrogen) atoms. The van der Waals surface area contributed by atoms with Gasteiger partial charge in [0.05, 0.1) is 12.3 Å². The minimum Gasteiger partial charge on any atom is -0.489 e. The van der Waals surface area contributed by atoms with E-state index in [9.17, 15) is 0 Å². The Bertz CT molecular complexity index is 382. The number of aryl methyl sites for hydroxylation is 1. The second kappa shape index (κ2) is 5.38. The van der Waals surface area contributed by atoms with E-state index in [1.54, 1.807) is 0 Å². The lowest BCUT2D eigenvalue weighted by molar-refractivity contribution is -0.0402. The Labute approximate surface area is 102 Å². The van der Waals surface area contributed by atoms with Crippen LogP contribution >= 0.6 is 0 Å². The van der Waals surface area contributed by atoms with Gasteiger partial charge in [0.15, 0.2) is 0 Å². The molecule has 1 aromatic rings. The maximum absolute atomic E-state index is 5.89. The van der Waals surface area contributed by atoms with Crippen LogP contribution in [0.25, 0.3) is 0 Å². The summed E-state index contributed by atoms with van der Waals surface area (Å²) in [6, 6.07) is 5.83. The molecule has 0 radical (unpaired) electrons. The maximum Gasteiger partial charge on any atom is 0.142 e. The van der Waals surface area contributed by atoms with Crippen LogP contribution in [0.5, 0.6) is 5.75 Å². The fraction of sp³-hybridized carbons (Fsp3) is 0.538. The van der Waals surface area contributed by atoms with Crippen molar-refractivity contribution in [1.29, 1.82) is 0 Å². The fourth-order valence-electron chi connectivity index (χ4n) is 1.95. The molecule has 0 saturated carbocycles.